The Morgan fingerprint density at radius 1 is 0.744 bits per heavy atom. The molecule has 0 aromatic heterocycles. The van der Waals surface area contributed by atoms with E-state index in [1.54, 1.807) is 19.1 Å². The standard InChI is InChI=1S/C29H23Cl3O7/c1-10-17(28(39-5)23(32)27(37)21(10)30)13-8-12(33)6-11-7-14-19(24(34)18(11)13)25(35)20-15(29(14,2)3)9-16(38-4)22(31)26(20)36/h6-9,33-34,36-37H,1-5H3. The quantitative estimate of drug-likeness (QED) is 0.196. The van der Waals surface area contributed by atoms with E-state index in [-0.39, 0.29) is 65.9 Å². The summed E-state index contributed by atoms with van der Waals surface area (Å²) in [4.78, 5) is 13.9. The van der Waals surface area contributed by atoms with Crippen molar-refractivity contribution in [2.75, 3.05) is 14.2 Å². The second kappa shape index (κ2) is 9.01. The minimum atomic E-state index is -0.899. The SMILES string of the molecule is COc1cc2c(c(O)c1Cl)C(=O)c1c(cc3cc(O)cc(-c4c(C)c(Cl)c(O)c(Cl)c4OC)c3c1O)C2(C)C. The lowest BCUT2D eigenvalue weighted by Gasteiger charge is -2.36. The third-order valence-corrected chi connectivity index (χ3v) is 8.62. The van der Waals surface area contributed by atoms with Gasteiger partial charge in [0.05, 0.1) is 30.4 Å². The zero-order valence-corrected chi connectivity index (χ0v) is 23.7. The number of ketones is 1. The topological polar surface area (TPSA) is 116 Å². The van der Waals surface area contributed by atoms with E-state index in [1.807, 2.05) is 13.8 Å². The number of halogens is 3. The minimum absolute atomic E-state index is 0.0314. The van der Waals surface area contributed by atoms with Crippen LogP contribution in [0.25, 0.3) is 21.9 Å². The highest BCUT2D eigenvalue weighted by molar-refractivity contribution is 6.39. The smallest absolute Gasteiger partial charge is 0.201 e. The van der Waals surface area contributed by atoms with Crippen molar-refractivity contribution < 1.29 is 34.7 Å². The van der Waals surface area contributed by atoms with Crippen LogP contribution in [0.5, 0.6) is 34.5 Å². The number of hydrogen-bond donors (Lipinski definition) is 4. The summed E-state index contributed by atoms with van der Waals surface area (Å²) in [5.41, 5.74) is 0.895. The van der Waals surface area contributed by atoms with Crippen molar-refractivity contribution in [3.05, 3.63) is 67.2 Å². The Morgan fingerprint density at radius 3 is 1.97 bits per heavy atom. The van der Waals surface area contributed by atoms with Crippen LogP contribution in [0.4, 0.5) is 0 Å². The molecule has 0 radical (unpaired) electrons. The van der Waals surface area contributed by atoms with Crippen LogP contribution < -0.4 is 9.47 Å². The van der Waals surface area contributed by atoms with Crippen LogP contribution in [0.1, 0.15) is 46.5 Å². The summed E-state index contributed by atoms with van der Waals surface area (Å²) in [6, 6.07) is 6.15. The number of carbonyl (C=O) groups excluding carboxylic acids is 1. The number of benzene rings is 4. The van der Waals surface area contributed by atoms with Gasteiger partial charge in [0.25, 0.3) is 0 Å². The maximum absolute atomic E-state index is 13.9. The predicted octanol–water partition coefficient (Wildman–Crippen LogP) is 7.49. The molecule has 1 aliphatic rings. The highest BCUT2D eigenvalue weighted by atomic mass is 35.5. The second-order valence-electron chi connectivity index (χ2n) is 9.87. The molecule has 0 unspecified atom stereocenters. The van der Waals surface area contributed by atoms with E-state index < -0.39 is 16.9 Å². The van der Waals surface area contributed by atoms with Crippen molar-refractivity contribution in [2.24, 2.45) is 0 Å². The molecule has 10 heteroatoms. The van der Waals surface area contributed by atoms with Gasteiger partial charge in [-0.05, 0) is 53.3 Å². The summed E-state index contributed by atoms with van der Waals surface area (Å²) in [5.74, 6) is -1.71. The van der Waals surface area contributed by atoms with Gasteiger partial charge in [0.15, 0.2) is 5.75 Å². The Hall–Kier alpha value is -3.52. The third-order valence-electron chi connectivity index (χ3n) is 7.44. The zero-order chi connectivity index (χ0) is 28.7. The molecule has 202 valence electrons. The first kappa shape index (κ1) is 27.1. The molecule has 0 bridgehead atoms. The molecule has 0 heterocycles. The number of aromatic hydroxyl groups is 4. The van der Waals surface area contributed by atoms with Crippen LogP contribution in [0.3, 0.4) is 0 Å². The molecule has 0 atom stereocenters. The van der Waals surface area contributed by atoms with E-state index in [4.69, 9.17) is 44.3 Å². The Kier molecular flexibility index (Phi) is 6.25. The molecule has 0 fully saturated rings. The van der Waals surface area contributed by atoms with Gasteiger partial charge in [-0.1, -0.05) is 48.7 Å². The van der Waals surface area contributed by atoms with Gasteiger partial charge in [0, 0.05) is 21.9 Å². The maximum atomic E-state index is 13.9. The number of carbonyl (C=O) groups is 1. The van der Waals surface area contributed by atoms with Crippen LogP contribution in [0, 0.1) is 6.92 Å². The molecule has 7 nitrogen and oxygen atoms in total. The summed E-state index contributed by atoms with van der Waals surface area (Å²) >= 11 is 19.0. The first-order chi connectivity index (χ1) is 18.3. The summed E-state index contributed by atoms with van der Waals surface area (Å²) < 4.78 is 10.8. The summed E-state index contributed by atoms with van der Waals surface area (Å²) in [6.45, 7) is 5.30. The summed E-state index contributed by atoms with van der Waals surface area (Å²) in [7, 11) is 2.76. The maximum Gasteiger partial charge on any atom is 0.201 e. The first-order valence-electron chi connectivity index (χ1n) is 11.7. The van der Waals surface area contributed by atoms with Crippen molar-refractivity contribution >= 4 is 51.4 Å². The number of rotatable bonds is 3. The Balaban J connectivity index is 1.94. The van der Waals surface area contributed by atoms with Crippen LogP contribution >= 0.6 is 34.8 Å². The predicted molar refractivity (Wildman–Crippen MR) is 151 cm³/mol. The average Bonchev–Trinajstić information content (AvgIpc) is 2.88. The fourth-order valence-corrected chi connectivity index (χ4v) is 6.21. The molecule has 39 heavy (non-hydrogen) atoms. The molecular formula is C29H23Cl3O7. The molecule has 0 amide bonds. The fourth-order valence-electron chi connectivity index (χ4n) is 5.48. The Bertz CT molecular complexity index is 1760. The number of ether oxygens (including phenoxy) is 2. The van der Waals surface area contributed by atoms with E-state index in [0.29, 0.717) is 27.6 Å². The van der Waals surface area contributed by atoms with Gasteiger partial charge < -0.3 is 29.9 Å². The van der Waals surface area contributed by atoms with Crippen LogP contribution in [0.2, 0.25) is 15.1 Å². The van der Waals surface area contributed by atoms with Gasteiger partial charge in [0.2, 0.25) is 5.78 Å². The highest BCUT2D eigenvalue weighted by Gasteiger charge is 2.42. The van der Waals surface area contributed by atoms with Crippen LogP contribution in [-0.2, 0) is 5.41 Å². The van der Waals surface area contributed by atoms with Crippen molar-refractivity contribution in [3.63, 3.8) is 0 Å². The van der Waals surface area contributed by atoms with Gasteiger partial charge in [-0.25, -0.2) is 0 Å². The zero-order valence-electron chi connectivity index (χ0n) is 21.5. The van der Waals surface area contributed by atoms with E-state index >= 15 is 0 Å². The molecule has 5 rings (SSSR count). The largest absolute Gasteiger partial charge is 0.508 e. The Morgan fingerprint density at radius 2 is 1.36 bits per heavy atom. The molecule has 4 aromatic carbocycles. The lowest BCUT2D eigenvalue weighted by atomic mass is 9.67. The normalized spacial score (nSPS) is 13.8. The van der Waals surface area contributed by atoms with Gasteiger partial charge in [-0.2, -0.15) is 0 Å². The molecule has 1 aliphatic carbocycles. The van der Waals surface area contributed by atoms with Crippen molar-refractivity contribution in [2.45, 2.75) is 26.2 Å². The minimum Gasteiger partial charge on any atom is -0.508 e. The molecule has 0 spiro atoms. The second-order valence-corrected chi connectivity index (χ2v) is 11.0. The van der Waals surface area contributed by atoms with Gasteiger partial charge in [-0.3, -0.25) is 4.79 Å². The van der Waals surface area contributed by atoms with Gasteiger partial charge in [-0.15, -0.1) is 0 Å². The highest BCUT2D eigenvalue weighted by Crippen LogP contribution is 2.55. The third kappa shape index (κ3) is 3.60. The van der Waals surface area contributed by atoms with Gasteiger partial charge >= 0.3 is 0 Å². The summed E-state index contributed by atoms with van der Waals surface area (Å²) in [6.07, 6.45) is 0. The number of phenols is 4. The lowest BCUT2D eigenvalue weighted by molar-refractivity contribution is 0.102. The van der Waals surface area contributed by atoms with E-state index in [9.17, 15) is 25.2 Å². The fraction of sp³-hybridized carbons (Fsp3) is 0.207. The molecule has 0 saturated carbocycles. The molecular weight excluding hydrogens is 567 g/mol. The van der Waals surface area contributed by atoms with Crippen molar-refractivity contribution in [1.29, 1.82) is 0 Å². The van der Waals surface area contributed by atoms with Crippen LogP contribution in [0.15, 0.2) is 24.3 Å². The Labute approximate surface area is 238 Å². The van der Waals surface area contributed by atoms with E-state index in [2.05, 4.69) is 0 Å². The molecule has 0 saturated heterocycles. The lowest BCUT2D eigenvalue weighted by Crippen LogP contribution is -2.31. The van der Waals surface area contributed by atoms with Crippen molar-refractivity contribution in [3.8, 4) is 45.6 Å². The summed E-state index contributed by atoms with van der Waals surface area (Å²) in [5, 5.41) is 44.1. The monoisotopic (exact) mass is 588 g/mol. The van der Waals surface area contributed by atoms with E-state index in [1.165, 1.54) is 26.4 Å². The van der Waals surface area contributed by atoms with Gasteiger partial charge in [0.1, 0.15) is 38.8 Å². The van der Waals surface area contributed by atoms with E-state index in [0.717, 1.165) is 0 Å². The number of phenolic OH excluding ortho intramolecular Hbond substituents is 4. The number of methoxy groups -OCH3 is 2. The average molecular weight is 590 g/mol. The molecule has 4 aromatic rings. The van der Waals surface area contributed by atoms with Crippen LogP contribution in [-0.4, -0.2) is 40.4 Å². The molecule has 4 N–H and O–H groups in total. The number of fused-ring (bicyclic) bond motifs is 3. The first-order valence-corrected chi connectivity index (χ1v) is 12.8. The molecule has 0 aliphatic heterocycles. The van der Waals surface area contributed by atoms with Crippen molar-refractivity contribution in [1.82, 2.24) is 0 Å². The number of hydrogen-bond acceptors (Lipinski definition) is 7.